The lowest BCUT2D eigenvalue weighted by Crippen LogP contribution is -2.75. The van der Waals surface area contributed by atoms with Gasteiger partial charge in [0.25, 0.3) is 5.91 Å². The van der Waals surface area contributed by atoms with Crippen molar-refractivity contribution in [3.8, 4) is 5.75 Å². The highest BCUT2D eigenvalue weighted by Gasteiger charge is 2.68. The number of ketones is 1. The zero-order valence-electron chi connectivity index (χ0n) is 16.8. The molecule has 0 saturated heterocycles. The second-order valence-corrected chi connectivity index (χ2v) is 9.15. The standard InChI is InChI=1S/C22H20ClFN4O3/c1-28-18-5-2-13(6-17(18)26-27-28)19(29)8-21-10-22(11-21,12-21)25-20(30)9-31-14-3-4-15(23)16(24)7-14/h2-7H,8-12H2,1H3,(H,25,30). The van der Waals surface area contributed by atoms with E-state index in [0.29, 0.717) is 17.5 Å². The highest BCUT2D eigenvalue weighted by Crippen LogP contribution is 2.69. The average Bonchev–Trinajstić information content (AvgIpc) is 3.06. The number of hydrogen-bond donors (Lipinski definition) is 1. The molecule has 9 heteroatoms. The fraction of sp³-hybridized carbons (Fsp3) is 0.364. The van der Waals surface area contributed by atoms with Crippen LogP contribution >= 0.6 is 11.6 Å². The van der Waals surface area contributed by atoms with Crippen molar-refractivity contribution in [2.45, 2.75) is 31.2 Å². The van der Waals surface area contributed by atoms with Crippen LogP contribution in [0.3, 0.4) is 0 Å². The zero-order valence-corrected chi connectivity index (χ0v) is 17.6. The number of aryl methyl sites for hydroxylation is 1. The van der Waals surface area contributed by atoms with Crippen molar-refractivity contribution in [3.63, 3.8) is 0 Å². The van der Waals surface area contributed by atoms with Crippen molar-refractivity contribution in [3.05, 3.63) is 52.8 Å². The number of rotatable bonds is 7. The van der Waals surface area contributed by atoms with E-state index in [1.165, 1.54) is 12.1 Å². The maximum Gasteiger partial charge on any atom is 0.258 e. The van der Waals surface area contributed by atoms with Gasteiger partial charge in [-0.2, -0.15) is 0 Å². The molecule has 1 N–H and O–H groups in total. The molecule has 0 unspecified atom stereocenters. The van der Waals surface area contributed by atoms with Crippen LogP contribution in [0, 0.1) is 11.2 Å². The first kappa shape index (κ1) is 19.9. The Bertz CT molecular complexity index is 1200. The molecule has 7 nitrogen and oxygen atoms in total. The number of hydrogen-bond acceptors (Lipinski definition) is 5. The minimum absolute atomic E-state index is 0.00197. The molecule has 0 aliphatic heterocycles. The molecule has 1 amide bonds. The van der Waals surface area contributed by atoms with Crippen molar-refractivity contribution in [1.82, 2.24) is 20.3 Å². The molecule has 1 heterocycles. The monoisotopic (exact) mass is 442 g/mol. The summed E-state index contributed by atoms with van der Waals surface area (Å²) in [4.78, 5) is 25.0. The van der Waals surface area contributed by atoms with Crippen LogP contribution in [-0.2, 0) is 11.8 Å². The maximum atomic E-state index is 13.4. The zero-order chi connectivity index (χ0) is 21.8. The molecule has 3 aromatic rings. The minimum atomic E-state index is -0.593. The SMILES string of the molecule is Cn1nnc2cc(C(=O)CC34CC(NC(=O)COc5ccc(Cl)c(F)c5)(C3)C4)ccc21. The van der Waals surface area contributed by atoms with Gasteiger partial charge >= 0.3 is 0 Å². The van der Waals surface area contributed by atoms with Gasteiger partial charge in [0.2, 0.25) is 0 Å². The number of ether oxygens (including phenoxy) is 1. The number of nitrogens with zero attached hydrogens (tertiary/aromatic N) is 3. The minimum Gasteiger partial charge on any atom is -0.484 e. The molecule has 0 radical (unpaired) electrons. The predicted octanol–water partition coefficient (Wildman–Crippen LogP) is 3.45. The Morgan fingerprint density at radius 2 is 2.00 bits per heavy atom. The summed E-state index contributed by atoms with van der Waals surface area (Å²) in [5.74, 6) is -0.524. The Balaban J connectivity index is 1.12. The third kappa shape index (κ3) is 3.54. The van der Waals surface area contributed by atoms with Gasteiger partial charge in [0.15, 0.2) is 12.4 Å². The molecular weight excluding hydrogens is 423 g/mol. The second kappa shape index (κ2) is 7.02. The number of carbonyl (C=O) groups is 2. The summed E-state index contributed by atoms with van der Waals surface area (Å²) in [6.45, 7) is -0.202. The molecule has 2 aromatic carbocycles. The molecular formula is C22H20ClFN4O3. The number of amides is 1. The third-order valence-electron chi connectivity index (χ3n) is 6.27. The van der Waals surface area contributed by atoms with E-state index in [1.54, 1.807) is 10.7 Å². The van der Waals surface area contributed by atoms with Crippen LogP contribution in [0.15, 0.2) is 36.4 Å². The molecule has 3 fully saturated rings. The molecule has 2 bridgehead atoms. The molecule has 160 valence electrons. The lowest BCUT2D eigenvalue weighted by atomic mass is 9.38. The lowest BCUT2D eigenvalue weighted by molar-refractivity contribution is -0.164. The normalized spacial score (nSPS) is 23.7. The van der Waals surface area contributed by atoms with Crippen LogP contribution in [0.1, 0.15) is 36.0 Å². The first-order valence-electron chi connectivity index (χ1n) is 9.98. The number of Topliss-reactive ketones (excluding diaryl/α,β-unsaturated/α-hetero) is 1. The smallest absolute Gasteiger partial charge is 0.258 e. The largest absolute Gasteiger partial charge is 0.484 e. The highest BCUT2D eigenvalue weighted by molar-refractivity contribution is 6.30. The van der Waals surface area contributed by atoms with E-state index < -0.39 is 5.82 Å². The molecule has 1 aromatic heterocycles. The number of benzene rings is 2. The van der Waals surface area contributed by atoms with E-state index in [0.717, 1.165) is 30.8 Å². The third-order valence-corrected chi connectivity index (χ3v) is 6.58. The van der Waals surface area contributed by atoms with E-state index in [1.807, 2.05) is 19.2 Å². The first-order chi connectivity index (χ1) is 14.8. The van der Waals surface area contributed by atoms with E-state index in [4.69, 9.17) is 16.3 Å². The first-order valence-corrected chi connectivity index (χ1v) is 10.4. The molecule has 3 aliphatic carbocycles. The Kier molecular flexibility index (Phi) is 4.51. The Labute approximate surface area is 182 Å². The van der Waals surface area contributed by atoms with Crippen LogP contribution in [0.25, 0.3) is 11.0 Å². The fourth-order valence-electron chi connectivity index (χ4n) is 5.02. The summed E-state index contributed by atoms with van der Waals surface area (Å²) < 4.78 is 20.5. The summed E-state index contributed by atoms with van der Waals surface area (Å²) in [7, 11) is 1.81. The van der Waals surface area contributed by atoms with Gasteiger partial charge in [0.05, 0.1) is 10.5 Å². The van der Waals surface area contributed by atoms with Gasteiger partial charge in [-0.25, -0.2) is 9.07 Å². The van der Waals surface area contributed by atoms with Gasteiger partial charge in [0.1, 0.15) is 17.1 Å². The predicted molar refractivity (Wildman–Crippen MR) is 112 cm³/mol. The van der Waals surface area contributed by atoms with Gasteiger partial charge in [-0.3, -0.25) is 9.59 Å². The van der Waals surface area contributed by atoms with Crippen molar-refractivity contribution in [1.29, 1.82) is 0 Å². The van der Waals surface area contributed by atoms with Crippen molar-refractivity contribution >= 4 is 34.3 Å². The van der Waals surface area contributed by atoms with Crippen molar-refractivity contribution in [2.75, 3.05) is 6.61 Å². The average molecular weight is 443 g/mol. The molecule has 31 heavy (non-hydrogen) atoms. The number of halogens is 2. The van der Waals surface area contributed by atoms with Crippen molar-refractivity contribution < 1.29 is 18.7 Å². The van der Waals surface area contributed by atoms with Crippen molar-refractivity contribution in [2.24, 2.45) is 12.5 Å². The number of nitrogens with one attached hydrogen (secondary N) is 1. The van der Waals surface area contributed by atoms with Crippen LogP contribution in [-0.4, -0.2) is 38.8 Å². The van der Waals surface area contributed by atoms with E-state index >= 15 is 0 Å². The van der Waals surface area contributed by atoms with Gasteiger partial charge in [-0.1, -0.05) is 16.8 Å². The quantitative estimate of drug-likeness (QED) is 0.566. The summed E-state index contributed by atoms with van der Waals surface area (Å²) in [6.07, 6.45) is 2.79. The topological polar surface area (TPSA) is 86.1 Å². The van der Waals surface area contributed by atoms with Crippen LogP contribution in [0.5, 0.6) is 5.75 Å². The van der Waals surface area contributed by atoms with E-state index in [-0.39, 0.29) is 40.0 Å². The lowest BCUT2D eigenvalue weighted by Gasteiger charge is -2.70. The van der Waals surface area contributed by atoms with Gasteiger partial charge in [0, 0.05) is 30.6 Å². The summed E-state index contributed by atoms with van der Waals surface area (Å²) in [5, 5.41) is 11.0. The summed E-state index contributed by atoms with van der Waals surface area (Å²) in [5.41, 5.74) is 1.94. The molecule has 3 saturated carbocycles. The fourth-order valence-corrected chi connectivity index (χ4v) is 5.14. The Morgan fingerprint density at radius 3 is 2.74 bits per heavy atom. The highest BCUT2D eigenvalue weighted by atomic mass is 35.5. The van der Waals surface area contributed by atoms with Gasteiger partial charge in [-0.05, 0) is 55.0 Å². The van der Waals surface area contributed by atoms with Crippen LogP contribution in [0.2, 0.25) is 5.02 Å². The second-order valence-electron chi connectivity index (χ2n) is 8.74. The van der Waals surface area contributed by atoms with Gasteiger partial charge < -0.3 is 10.1 Å². The Morgan fingerprint density at radius 1 is 1.23 bits per heavy atom. The maximum absolute atomic E-state index is 13.4. The summed E-state index contributed by atoms with van der Waals surface area (Å²) in [6, 6.07) is 9.50. The van der Waals surface area contributed by atoms with E-state index in [9.17, 15) is 14.0 Å². The van der Waals surface area contributed by atoms with Crippen LogP contribution < -0.4 is 10.1 Å². The number of aromatic nitrogens is 3. The molecule has 0 atom stereocenters. The number of carbonyl (C=O) groups excluding carboxylic acids is 2. The molecule has 3 aliphatic rings. The van der Waals surface area contributed by atoms with E-state index in [2.05, 4.69) is 15.6 Å². The summed E-state index contributed by atoms with van der Waals surface area (Å²) >= 11 is 5.64. The molecule has 0 spiro atoms. The molecule has 6 rings (SSSR count). The number of fused-ring (bicyclic) bond motifs is 1. The Hall–Kier alpha value is -3.00. The van der Waals surface area contributed by atoms with Crippen LogP contribution in [0.4, 0.5) is 4.39 Å². The van der Waals surface area contributed by atoms with Gasteiger partial charge in [-0.15, -0.1) is 5.10 Å².